The Labute approximate surface area is 134 Å². The molecule has 0 spiro atoms. The van der Waals surface area contributed by atoms with E-state index in [9.17, 15) is 14.4 Å². The molecule has 2 aromatic rings. The van der Waals surface area contributed by atoms with E-state index < -0.39 is 5.97 Å². The van der Waals surface area contributed by atoms with Gasteiger partial charge < -0.3 is 5.11 Å². The summed E-state index contributed by atoms with van der Waals surface area (Å²) in [6.45, 7) is 0.102. The number of amides is 2. The number of halogens is 1. The first kappa shape index (κ1) is 14.5. The van der Waals surface area contributed by atoms with E-state index in [0.717, 1.165) is 4.90 Å². The Balaban J connectivity index is 1.89. The van der Waals surface area contributed by atoms with Crippen LogP contribution in [0.4, 0.5) is 0 Å². The Kier molecular flexibility index (Phi) is 3.54. The Morgan fingerprint density at radius 1 is 1.05 bits per heavy atom. The monoisotopic (exact) mass is 359 g/mol. The lowest BCUT2D eigenvalue weighted by Crippen LogP contribution is -2.29. The molecule has 3 rings (SSSR count). The number of carboxylic acids is 1. The van der Waals surface area contributed by atoms with Crippen LogP contribution in [-0.4, -0.2) is 27.8 Å². The van der Waals surface area contributed by atoms with Crippen molar-refractivity contribution in [3.63, 3.8) is 0 Å². The third kappa shape index (κ3) is 2.31. The SMILES string of the molecule is O=C(O)c1ccc(CN2C(=O)c3ccccc3C2=O)cc1Br. The highest BCUT2D eigenvalue weighted by Crippen LogP contribution is 2.26. The van der Waals surface area contributed by atoms with Gasteiger partial charge in [0.25, 0.3) is 11.8 Å². The van der Waals surface area contributed by atoms with Crippen molar-refractivity contribution in [2.24, 2.45) is 0 Å². The maximum Gasteiger partial charge on any atom is 0.336 e. The molecule has 0 saturated carbocycles. The summed E-state index contributed by atoms with van der Waals surface area (Å²) < 4.78 is 0.411. The minimum Gasteiger partial charge on any atom is -0.478 e. The number of nitrogens with zero attached hydrogens (tertiary/aromatic N) is 1. The average molecular weight is 360 g/mol. The molecule has 0 saturated heterocycles. The normalized spacial score (nSPS) is 13.4. The first-order valence-corrected chi connectivity index (χ1v) is 7.25. The molecular formula is C16H10BrNO4. The molecule has 2 aromatic carbocycles. The zero-order valence-corrected chi connectivity index (χ0v) is 12.8. The molecule has 1 heterocycles. The van der Waals surface area contributed by atoms with Gasteiger partial charge in [0.05, 0.1) is 23.2 Å². The lowest BCUT2D eigenvalue weighted by atomic mass is 10.1. The van der Waals surface area contributed by atoms with Crippen molar-refractivity contribution in [1.82, 2.24) is 4.90 Å². The van der Waals surface area contributed by atoms with E-state index >= 15 is 0 Å². The fourth-order valence-corrected chi connectivity index (χ4v) is 2.99. The Hall–Kier alpha value is -2.47. The predicted octanol–water partition coefficient (Wildman–Crippen LogP) is 2.94. The van der Waals surface area contributed by atoms with Crippen molar-refractivity contribution in [2.45, 2.75) is 6.54 Å². The van der Waals surface area contributed by atoms with Gasteiger partial charge in [0.2, 0.25) is 0 Å². The van der Waals surface area contributed by atoms with Crippen LogP contribution in [0, 0.1) is 0 Å². The maximum absolute atomic E-state index is 12.3. The van der Waals surface area contributed by atoms with Crippen molar-refractivity contribution < 1.29 is 19.5 Å². The summed E-state index contributed by atoms with van der Waals surface area (Å²) in [5.41, 5.74) is 1.60. The molecule has 0 aliphatic carbocycles. The first-order valence-electron chi connectivity index (χ1n) is 6.46. The fourth-order valence-electron chi connectivity index (χ4n) is 2.40. The van der Waals surface area contributed by atoms with Crippen LogP contribution in [0.25, 0.3) is 0 Å². The molecule has 0 fully saturated rings. The standard InChI is InChI=1S/C16H10BrNO4/c17-13-7-9(5-6-12(13)16(21)22)8-18-14(19)10-3-1-2-4-11(10)15(18)20/h1-7H,8H2,(H,21,22). The molecule has 1 N–H and O–H groups in total. The highest BCUT2D eigenvalue weighted by atomic mass is 79.9. The largest absolute Gasteiger partial charge is 0.478 e. The molecule has 110 valence electrons. The average Bonchev–Trinajstić information content (AvgIpc) is 2.73. The van der Waals surface area contributed by atoms with Crippen molar-refractivity contribution in [1.29, 1.82) is 0 Å². The lowest BCUT2D eigenvalue weighted by Gasteiger charge is -2.14. The van der Waals surface area contributed by atoms with Gasteiger partial charge in [-0.3, -0.25) is 14.5 Å². The summed E-state index contributed by atoms with van der Waals surface area (Å²) in [6, 6.07) is 11.3. The van der Waals surface area contributed by atoms with Gasteiger partial charge >= 0.3 is 5.97 Å². The topological polar surface area (TPSA) is 74.7 Å². The minimum absolute atomic E-state index is 0.102. The number of aromatic carboxylic acids is 1. The van der Waals surface area contributed by atoms with Crippen LogP contribution in [-0.2, 0) is 6.54 Å². The van der Waals surface area contributed by atoms with E-state index in [1.807, 2.05) is 0 Å². The van der Waals surface area contributed by atoms with Crippen molar-refractivity contribution in [3.8, 4) is 0 Å². The molecule has 2 amide bonds. The van der Waals surface area contributed by atoms with Gasteiger partial charge in [-0.25, -0.2) is 4.79 Å². The summed E-state index contributed by atoms with van der Waals surface area (Å²) in [5.74, 6) is -1.71. The van der Waals surface area contributed by atoms with Gasteiger partial charge in [-0.1, -0.05) is 18.2 Å². The van der Waals surface area contributed by atoms with E-state index in [1.54, 1.807) is 36.4 Å². The molecule has 22 heavy (non-hydrogen) atoms. The zero-order valence-electron chi connectivity index (χ0n) is 11.2. The van der Waals surface area contributed by atoms with Gasteiger partial charge in [0.1, 0.15) is 0 Å². The molecule has 0 aromatic heterocycles. The van der Waals surface area contributed by atoms with Crippen LogP contribution in [0.5, 0.6) is 0 Å². The molecule has 5 nitrogen and oxygen atoms in total. The maximum atomic E-state index is 12.3. The Bertz CT molecular complexity index is 781. The first-order chi connectivity index (χ1) is 10.5. The molecule has 1 aliphatic heterocycles. The van der Waals surface area contributed by atoms with Crippen LogP contribution >= 0.6 is 15.9 Å². The molecule has 0 atom stereocenters. The zero-order chi connectivity index (χ0) is 15.9. The van der Waals surface area contributed by atoms with Crippen LogP contribution < -0.4 is 0 Å². The Morgan fingerprint density at radius 2 is 1.64 bits per heavy atom. The fraction of sp³-hybridized carbons (Fsp3) is 0.0625. The van der Waals surface area contributed by atoms with E-state index in [0.29, 0.717) is 21.2 Å². The number of hydrogen-bond donors (Lipinski definition) is 1. The molecule has 0 radical (unpaired) electrons. The molecule has 6 heteroatoms. The van der Waals surface area contributed by atoms with E-state index in [-0.39, 0.29) is 23.9 Å². The van der Waals surface area contributed by atoms with Gasteiger partial charge in [-0.2, -0.15) is 0 Å². The van der Waals surface area contributed by atoms with E-state index in [1.165, 1.54) is 6.07 Å². The molecular weight excluding hydrogens is 350 g/mol. The number of carboxylic acid groups (broad SMARTS) is 1. The summed E-state index contributed by atoms with van der Waals surface area (Å²) in [4.78, 5) is 36.7. The van der Waals surface area contributed by atoms with E-state index in [2.05, 4.69) is 15.9 Å². The number of fused-ring (bicyclic) bond motifs is 1. The second-order valence-corrected chi connectivity index (χ2v) is 5.72. The van der Waals surface area contributed by atoms with Crippen LogP contribution in [0.2, 0.25) is 0 Å². The Morgan fingerprint density at radius 3 is 2.14 bits per heavy atom. The third-order valence-electron chi connectivity index (χ3n) is 3.48. The van der Waals surface area contributed by atoms with Crippen LogP contribution in [0.3, 0.4) is 0 Å². The van der Waals surface area contributed by atoms with Gasteiger partial charge in [-0.05, 0) is 45.8 Å². The smallest absolute Gasteiger partial charge is 0.336 e. The third-order valence-corrected chi connectivity index (χ3v) is 4.14. The quantitative estimate of drug-likeness (QED) is 0.854. The van der Waals surface area contributed by atoms with Gasteiger partial charge in [-0.15, -0.1) is 0 Å². The second kappa shape index (κ2) is 5.38. The number of carbonyl (C=O) groups excluding carboxylic acids is 2. The number of carbonyl (C=O) groups is 3. The second-order valence-electron chi connectivity index (χ2n) is 4.86. The van der Waals surface area contributed by atoms with Crippen molar-refractivity contribution in [3.05, 3.63) is 69.2 Å². The van der Waals surface area contributed by atoms with Crippen molar-refractivity contribution in [2.75, 3.05) is 0 Å². The van der Waals surface area contributed by atoms with Crippen LogP contribution in [0.1, 0.15) is 36.6 Å². The number of imide groups is 1. The van der Waals surface area contributed by atoms with Crippen molar-refractivity contribution >= 4 is 33.7 Å². The summed E-state index contributed by atoms with van der Waals surface area (Å²) >= 11 is 3.19. The predicted molar refractivity (Wildman–Crippen MR) is 81.7 cm³/mol. The summed E-state index contributed by atoms with van der Waals surface area (Å²) in [6.07, 6.45) is 0. The lowest BCUT2D eigenvalue weighted by molar-refractivity contribution is 0.0638. The van der Waals surface area contributed by atoms with Gasteiger partial charge in [0.15, 0.2) is 0 Å². The highest BCUT2D eigenvalue weighted by Gasteiger charge is 2.34. The molecule has 0 unspecified atom stereocenters. The van der Waals surface area contributed by atoms with Crippen LogP contribution in [0.15, 0.2) is 46.9 Å². The highest BCUT2D eigenvalue weighted by molar-refractivity contribution is 9.10. The molecule has 1 aliphatic rings. The van der Waals surface area contributed by atoms with E-state index in [4.69, 9.17) is 5.11 Å². The summed E-state index contributed by atoms with van der Waals surface area (Å²) in [7, 11) is 0. The summed E-state index contributed by atoms with van der Waals surface area (Å²) in [5, 5.41) is 8.99. The number of benzene rings is 2. The van der Waals surface area contributed by atoms with Gasteiger partial charge in [0, 0.05) is 4.47 Å². The number of hydrogen-bond acceptors (Lipinski definition) is 3. The molecule has 0 bridgehead atoms. The number of rotatable bonds is 3. The minimum atomic E-state index is -1.04.